The van der Waals surface area contributed by atoms with Gasteiger partial charge in [0.05, 0.1) is 0 Å². The summed E-state index contributed by atoms with van der Waals surface area (Å²) in [5, 5.41) is 0. The fourth-order valence-electron chi connectivity index (χ4n) is 0.393. The van der Waals surface area contributed by atoms with Crippen molar-refractivity contribution in [1.29, 1.82) is 0 Å². The van der Waals surface area contributed by atoms with Crippen molar-refractivity contribution in [1.82, 2.24) is 9.97 Å². The van der Waals surface area contributed by atoms with Crippen LogP contribution >= 0.6 is 0 Å². The molecule has 0 amide bonds. The lowest BCUT2D eigenvalue weighted by molar-refractivity contribution is 1.16. The second kappa shape index (κ2) is 1.78. The number of hydrogen-bond acceptors (Lipinski definition) is 2. The summed E-state index contributed by atoms with van der Waals surface area (Å²) in [6.07, 6.45) is 3.24. The van der Waals surface area contributed by atoms with Crippen LogP contribution in [0.2, 0.25) is 0 Å². The Morgan fingerprint density at radius 3 is 2.25 bits per heavy atom. The SMILES string of the molecule is Cc1cnc([NH-])nc1. The van der Waals surface area contributed by atoms with E-state index < -0.39 is 0 Å². The molecule has 8 heavy (non-hydrogen) atoms. The van der Waals surface area contributed by atoms with Crippen LogP contribution in [0.25, 0.3) is 5.73 Å². The van der Waals surface area contributed by atoms with Crippen molar-refractivity contribution in [2.45, 2.75) is 6.92 Å². The lowest BCUT2D eigenvalue weighted by Crippen LogP contribution is -1.77. The van der Waals surface area contributed by atoms with Crippen molar-refractivity contribution in [3.05, 3.63) is 23.7 Å². The van der Waals surface area contributed by atoms with Crippen LogP contribution in [0.4, 0.5) is 5.95 Å². The smallest absolute Gasteiger partial charge is 0.0199 e. The van der Waals surface area contributed by atoms with E-state index in [9.17, 15) is 0 Å². The van der Waals surface area contributed by atoms with Crippen molar-refractivity contribution in [3.8, 4) is 0 Å². The quantitative estimate of drug-likeness (QED) is 0.505. The lowest BCUT2D eigenvalue weighted by atomic mass is 10.4. The van der Waals surface area contributed by atoms with Crippen molar-refractivity contribution in [3.63, 3.8) is 0 Å². The summed E-state index contributed by atoms with van der Waals surface area (Å²) in [7, 11) is 0. The van der Waals surface area contributed by atoms with Crippen molar-refractivity contribution in [2.24, 2.45) is 0 Å². The average molecular weight is 108 g/mol. The Morgan fingerprint density at radius 1 is 1.38 bits per heavy atom. The van der Waals surface area contributed by atoms with Crippen LogP contribution in [0, 0.1) is 6.92 Å². The van der Waals surface area contributed by atoms with Crippen LogP contribution in [-0.4, -0.2) is 9.97 Å². The highest BCUT2D eigenvalue weighted by atomic mass is 15.0. The molecule has 0 radical (unpaired) electrons. The Bertz CT molecular complexity index is 147. The third-order valence-electron chi connectivity index (χ3n) is 0.781. The summed E-state index contributed by atoms with van der Waals surface area (Å²) < 4.78 is 0. The molecule has 0 aliphatic carbocycles. The van der Waals surface area contributed by atoms with Gasteiger partial charge in [0, 0.05) is 5.95 Å². The molecule has 3 heteroatoms. The molecule has 1 rings (SSSR count). The summed E-state index contributed by atoms with van der Waals surface area (Å²) in [4.78, 5) is 7.27. The van der Waals surface area contributed by atoms with Gasteiger partial charge in [0.15, 0.2) is 0 Å². The van der Waals surface area contributed by atoms with E-state index in [0.29, 0.717) is 0 Å². The van der Waals surface area contributed by atoms with E-state index >= 15 is 0 Å². The van der Waals surface area contributed by atoms with Gasteiger partial charge in [0.1, 0.15) is 0 Å². The molecule has 42 valence electrons. The Balaban J connectivity index is 3.03. The molecule has 0 aliphatic heterocycles. The van der Waals surface area contributed by atoms with E-state index in [4.69, 9.17) is 5.73 Å². The van der Waals surface area contributed by atoms with E-state index in [1.165, 1.54) is 0 Å². The van der Waals surface area contributed by atoms with E-state index in [0.717, 1.165) is 5.56 Å². The molecular formula is C5H6N3-. The third-order valence-corrected chi connectivity index (χ3v) is 0.781. The minimum absolute atomic E-state index is 0.0793. The van der Waals surface area contributed by atoms with Gasteiger partial charge in [-0.05, 0) is 24.9 Å². The standard InChI is InChI=1S/C5H6N3/c1-4-2-7-5(6)8-3-4/h2-3H,1H3,(H-,6,7,8)/q-1. The highest BCUT2D eigenvalue weighted by Crippen LogP contribution is 1.98. The van der Waals surface area contributed by atoms with Gasteiger partial charge in [-0.2, -0.15) is 0 Å². The Morgan fingerprint density at radius 2 is 1.88 bits per heavy atom. The molecule has 0 saturated carbocycles. The molecule has 1 aromatic heterocycles. The fourth-order valence-corrected chi connectivity index (χ4v) is 0.393. The maximum Gasteiger partial charge on any atom is 0.0199 e. The molecule has 0 atom stereocenters. The minimum Gasteiger partial charge on any atom is -0.410 e. The minimum atomic E-state index is 0.0793. The van der Waals surface area contributed by atoms with Crippen molar-refractivity contribution >= 4 is 5.95 Å². The van der Waals surface area contributed by atoms with Crippen LogP contribution < -0.4 is 0 Å². The number of nitrogens with zero attached hydrogens (tertiary/aromatic N) is 2. The molecule has 1 aromatic rings. The van der Waals surface area contributed by atoms with Gasteiger partial charge >= 0.3 is 0 Å². The largest absolute Gasteiger partial charge is 0.410 e. The van der Waals surface area contributed by atoms with Gasteiger partial charge < -0.3 is 15.7 Å². The van der Waals surface area contributed by atoms with Crippen molar-refractivity contribution in [2.75, 3.05) is 0 Å². The zero-order chi connectivity index (χ0) is 5.98. The molecule has 0 unspecified atom stereocenters. The molecular weight excluding hydrogens is 102 g/mol. The van der Waals surface area contributed by atoms with E-state index in [1.807, 2.05) is 6.92 Å². The first kappa shape index (κ1) is 5.03. The highest BCUT2D eigenvalue weighted by molar-refractivity contribution is 5.21. The van der Waals surface area contributed by atoms with Crippen LogP contribution in [0.5, 0.6) is 0 Å². The predicted octanol–water partition coefficient (Wildman–Crippen LogP) is 1.47. The van der Waals surface area contributed by atoms with Crippen LogP contribution in [0.1, 0.15) is 5.56 Å². The van der Waals surface area contributed by atoms with Crippen LogP contribution in [0.3, 0.4) is 0 Å². The maximum atomic E-state index is 6.87. The van der Waals surface area contributed by atoms with Gasteiger partial charge in [-0.25, -0.2) is 0 Å². The summed E-state index contributed by atoms with van der Waals surface area (Å²) in [5.74, 6) is 0.0793. The molecule has 0 aliphatic rings. The van der Waals surface area contributed by atoms with Gasteiger partial charge in [0.2, 0.25) is 0 Å². The second-order valence-electron chi connectivity index (χ2n) is 1.58. The van der Waals surface area contributed by atoms with E-state index in [2.05, 4.69) is 9.97 Å². The number of aryl methyl sites for hydroxylation is 1. The van der Waals surface area contributed by atoms with Gasteiger partial charge in [-0.1, -0.05) is 0 Å². The van der Waals surface area contributed by atoms with E-state index in [1.54, 1.807) is 12.4 Å². The van der Waals surface area contributed by atoms with Crippen molar-refractivity contribution < 1.29 is 0 Å². The van der Waals surface area contributed by atoms with Gasteiger partial charge in [-0.15, -0.1) is 0 Å². The molecule has 3 nitrogen and oxygen atoms in total. The fraction of sp³-hybridized carbons (Fsp3) is 0.200. The van der Waals surface area contributed by atoms with E-state index in [-0.39, 0.29) is 5.95 Å². The number of nitrogens with one attached hydrogen (secondary N) is 1. The average Bonchev–Trinajstić information content (AvgIpc) is 1.77. The summed E-state index contributed by atoms with van der Waals surface area (Å²) in [6, 6.07) is 0. The Labute approximate surface area is 47.6 Å². The molecule has 1 N–H and O–H groups in total. The molecule has 0 fully saturated rings. The molecule has 0 saturated heterocycles. The van der Waals surface area contributed by atoms with Crippen LogP contribution in [0.15, 0.2) is 12.4 Å². The Kier molecular flexibility index (Phi) is 1.12. The highest BCUT2D eigenvalue weighted by Gasteiger charge is 1.73. The summed E-state index contributed by atoms with van der Waals surface area (Å²) in [6.45, 7) is 1.89. The second-order valence-corrected chi connectivity index (χ2v) is 1.58. The predicted molar refractivity (Wildman–Crippen MR) is 30.8 cm³/mol. The number of rotatable bonds is 0. The topological polar surface area (TPSA) is 49.6 Å². The molecule has 1 heterocycles. The first-order chi connectivity index (χ1) is 3.79. The molecule has 0 spiro atoms. The van der Waals surface area contributed by atoms with Gasteiger partial charge in [0.25, 0.3) is 0 Å². The third kappa shape index (κ3) is 0.932. The van der Waals surface area contributed by atoms with Gasteiger partial charge in [-0.3, -0.25) is 0 Å². The first-order valence-electron chi connectivity index (χ1n) is 2.29. The normalized spacial score (nSPS) is 9.12. The summed E-state index contributed by atoms with van der Waals surface area (Å²) >= 11 is 0. The molecule has 0 bridgehead atoms. The maximum absolute atomic E-state index is 6.87. The first-order valence-corrected chi connectivity index (χ1v) is 2.29. The zero-order valence-electron chi connectivity index (χ0n) is 4.55. The molecule has 0 aromatic carbocycles. The summed E-state index contributed by atoms with van der Waals surface area (Å²) in [5.41, 5.74) is 7.86. The van der Waals surface area contributed by atoms with Crippen LogP contribution in [-0.2, 0) is 0 Å². The monoisotopic (exact) mass is 108 g/mol. The lowest BCUT2D eigenvalue weighted by Gasteiger charge is -1.99. The number of hydrogen-bond donors (Lipinski definition) is 0. The Hall–Kier alpha value is -1.12. The number of aromatic nitrogens is 2. The zero-order valence-corrected chi connectivity index (χ0v) is 4.55.